The molecule has 0 aliphatic carbocycles. The van der Waals surface area contributed by atoms with Gasteiger partial charge in [0.2, 0.25) is 0 Å². The zero-order valence-electron chi connectivity index (χ0n) is 12.4. The maximum absolute atomic E-state index is 5.76. The maximum atomic E-state index is 5.76. The third kappa shape index (κ3) is 6.21. The fourth-order valence-corrected chi connectivity index (χ4v) is 2.95. The lowest BCUT2D eigenvalue weighted by Gasteiger charge is -2.29. The lowest BCUT2D eigenvalue weighted by molar-refractivity contribution is 0.00990. The summed E-state index contributed by atoms with van der Waals surface area (Å²) in [7, 11) is 0. The Morgan fingerprint density at radius 3 is 2.79 bits per heavy atom. The van der Waals surface area contributed by atoms with Gasteiger partial charge < -0.3 is 14.8 Å². The van der Waals surface area contributed by atoms with Crippen LogP contribution in [0.3, 0.4) is 0 Å². The monoisotopic (exact) mass is 270 g/mol. The van der Waals surface area contributed by atoms with E-state index >= 15 is 0 Å². The first kappa shape index (κ1) is 15.2. The molecule has 2 atom stereocenters. The molecule has 1 N–H and O–H groups in total. The molecular formula is C15H30N2O2. The van der Waals surface area contributed by atoms with Crippen LogP contribution in [0.5, 0.6) is 0 Å². The number of hydrogen-bond donors (Lipinski definition) is 1. The van der Waals surface area contributed by atoms with Crippen molar-refractivity contribution in [1.82, 2.24) is 10.2 Å². The third-order valence-corrected chi connectivity index (χ3v) is 4.11. The highest BCUT2D eigenvalue weighted by molar-refractivity contribution is 4.71. The minimum absolute atomic E-state index is 0.532. The van der Waals surface area contributed by atoms with Gasteiger partial charge in [-0.2, -0.15) is 0 Å². The fourth-order valence-electron chi connectivity index (χ4n) is 2.95. The summed E-state index contributed by atoms with van der Waals surface area (Å²) in [6.45, 7) is 9.48. The summed E-state index contributed by atoms with van der Waals surface area (Å²) in [4.78, 5) is 2.49. The van der Waals surface area contributed by atoms with Crippen molar-refractivity contribution in [2.45, 2.75) is 51.2 Å². The first-order valence-corrected chi connectivity index (χ1v) is 7.99. The molecule has 2 rings (SSSR count). The Balaban J connectivity index is 1.47. The minimum atomic E-state index is 0.532. The normalized spacial score (nSPS) is 27.3. The van der Waals surface area contributed by atoms with Gasteiger partial charge in [-0.3, -0.25) is 4.90 Å². The van der Waals surface area contributed by atoms with E-state index in [1.165, 1.54) is 32.1 Å². The van der Waals surface area contributed by atoms with Gasteiger partial charge in [-0.25, -0.2) is 0 Å². The van der Waals surface area contributed by atoms with Gasteiger partial charge in [0.15, 0.2) is 0 Å². The molecule has 2 heterocycles. The largest absolute Gasteiger partial charge is 0.379 e. The van der Waals surface area contributed by atoms with Crippen LogP contribution < -0.4 is 5.32 Å². The van der Waals surface area contributed by atoms with Crippen molar-refractivity contribution in [1.29, 1.82) is 0 Å². The van der Waals surface area contributed by atoms with E-state index in [0.29, 0.717) is 12.1 Å². The summed E-state index contributed by atoms with van der Waals surface area (Å²) in [5, 5.41) is 3.63. The van der Waals surface area contributed by atoms with E-state index < -0.39 is 0 Å². The number of morpholine rings is 1. The van der Waals surface area contributed by atoms with Gasteiger partial charge in [-0.05, 0) is 45.6 Å². The van der Waals surface area contributed by atoms with Crippen LogP contribution in [-0.2, 0) is 9.47 Å². The van der Waals surface area contributed by atoms with Crippen LogP contribution in [0, 0.1) is 0 Å². The predicted molar refractivity (Wildman–Crippen MR) is 77.5 cm³/mol. The highest BCUT2D eigenvalue weighted by Gasteiger charge is 2.15. The molecule has 112 valence electrons. The minimum Gasteiger partial charge on any atom is -0.379 e. The molecular weight excluding hydrogens is 240 g/mol. The van der Waals surface area contributed by atoms with E-state index in [1.54, 1.807) is 0 Å². The molecule has 0 bridgehead atoms. The van der Waals surface area contributed by atoms with Gasteiger partial charge >= 0.3 is 0 Å². The molecule has 2 aliphatic rings. The Labute approximate surface area is 117 Å². The summed E-state index contributed by atoms with van der Waals surface area (Å²) in [6, 6.07) is 0.574. The summed E-state index contributed by atoms with van der Waals surface area (Å²) in [6.07, 6.45) is 6.86. The molecule has 0 aromatic rings. The molecule has 0 aromatic heterocycles. The Kier molecular flexibility index (Phi) is 7.14. The molecule has 19 heavy (non-hydrogen) atoms. The molecule has 4 heteroatoms. The average molecular weight is 270 g/mol. The maximum Gasteiger partial charge on any atom is 0.0594 e. The summed E-state index contributed by atoms with van der Waals surface area (Å²) in [5.74, 6) is 0. The van der Waals surface area contributed by atoms with E-state index in [2.05, 4.69) is 17.1 Å². The fraction of sp³-hybridized carbons (Fsp3) is 1.00. The molecule has 2 aliphatic heterocycles. The van der Waals surface area contributed by atoms with Gasteiger partial charge in [0, 0.05) is 32.3 Å². The van der Waals surface area contributed by atoms with Crippen molar-refractivity contribution in [3.63, 3.8) is 0 Å². The molecule has 0 amide bonds. The van der Waals surface area contributed by atoms with E-state index in [1.807, 2.05) is 0 Å². The zero-order valence-corrected chi connectivity index (χ0v) is 12.4. The molecule has 0 radical (unpaired) electrons. The van der Waals surface area contributed by atoms with Crippen LogP contribution in [0.25, 0.3) is 0 Å². The van der Waals surface area contributed by atoms with Crippen LogP contribution >= 0.6 is 0 Å². The van der Waals surface area contributed by atoms with Gasteiger partial charge in [0.05, 0.1) is 19.3 Å². The van der Waals surface area contributed by atoms with Crippen LogP contribution in [0.1, 0.15) is 39.0 Å². The number of ether oxygens (including phenoxy) is 2. The number of nitrogens with zero attached hydrogens (tertiary/aromatic N) is 1. The Morgan fingerprint density at radius 2 is 2.05 bits per heavy atom. The van der Waals surface area contributed by atoms with Crippen molar-refractivity contribution in [2.75, 3.05) is 46.0 Å². The van der Waals surface area contributed by atoms with E-state index in [0.717, 1.165) is 46.0 Å². The second-order valence-corrected chi connectivity index (χ2v) is 5.90. The van der Waals surface area contributed by atoms with Gasteiger partial charge in [0.1, 0.15) is 0 Å². The Hall–Kier alpha value is -0.160. The highest BCUT2D eigenvalue weighted by atomic mass is 16.5. The molecule has 0 spiro atoms. The van der Waals surface area contributed by atoms with Gasteiger partial charge in [0.25, 0.3) is 0 Å². The van der Waals surface area contributed by atoms with E-state index in [4.69, 9.17) is 9.47 Å². The van der Waals surface area contributed by atoms with Crippen molar-refractivity contribution in [3.05, 3.63) is 0 Å². The van der Waals surface area contributed by atoms with Crippen molar-refractivity contribution >= 4 is 0 Å². The van der Waals surface area contributed by atoms with E-state index in [-0.39, 0.29) is 0 Å². The number of nitrogens with one attached hydrogen (secondary N) is 1. The van der Waals surface area contributed by atoms with Crippen LogP contribution in [0.15, 0.2) is 0 Å². The standard InChI is InChI=1S/C15H30N2O2/c1-14(13-17-8-11-18-12-9-17)16-7-4-6-15-5-2-3-10-19-15/h14-16H,2-13H2,1H3. The zero-order chi connectivity index (χ0) is 13.3. The quantitative estimate of drug-likeness (QED) is 0.713. The number of hydrogen-bond acceptors (Lipinski definition) is 4. The molecule has 4 nitrogen and oxygen atoms in total. The first-order chi connectivity index (χ1) is 9.34. The Bertz CT molecular complexity index is 226. The van der Waals surface area contributed by atoms with E-state index in [9.17, 15) is 0 Å². The smallest absolute Gasteiger partial charge is 0.0594 e. The molecule has 0 aromatic carbocycles. The van der Waals surface area contributed by atoms with Gasteiger partial charge in [-0.15, -0.1) is 0 Å². The topological polar surface area (TPSA) is 33.7 Å². The van der Waals surface area contributed by atoms with Crippen LogP contribution in [0.2, 0.25) is 0 Å². The van der Waals surface area contributed by atoms with Crippen molar-refractivity contribution < 1.29 is 9.47 Å². The predicted octanol–water partition coefficient (Wildman–Crippen LogP) is 1.65. The lowest BCUT2D eigenvalue weighted by Crippen LogP contribution is -2.44. The highest BCUT2D eigenvalue weighted by Crippen LogP contribution is 2.16. The number of rotatable bonds is 7. The van der Waals surface area contributed by atoms with Crippen molar-refractivity contribution in [2.24, 2.45) is 0 Å². The SMILES string of the molecule is CC(CN1CCOCC1)NCCCC1CCCCO1. The van der Waals surface area contributed by atoms with Crippen molar-refractivity contribution in [3.8, 4) is 0 Å². The van der Waals surface area contributed by atoms with Gasteiger partial charge in [-0.1, -0.05) is 0 Å². The molecule has 0 saturated carbocycles. The average Bonchev–Trinajstić information content (AvgIpc) is 2.46. The molecule has 2 saturated heterocycles. The summed E-state index contributed by atoms with van der Waals surface area (Å²) < 4.78 is 11.1. The molecule has 2 unspecified atom stereocenters. The Morgan fingerprint density at radius 1 is 1.21 bits per heavy atom. The lowest BCUT2D eigenvalue weighted by atomic mass is 10.0. The summed E-state index contributed by atoms with van der Waals surface area (Å²) in [5.41, 5.74) is 0. The summed E-state index contributed by atoms with van der Waals surface area (Å²) >= 11 is 0. The second-order valence-electron chi connectivity index (χ2n) is 5.90. The second kappa shape index (κ2) is 8.90. The van der Waals surface area contributed by atoms with Crippen LogP contribution in [-0.4, -0.2) is 63.0 Å². The first-order valence-electron chi connectivity index (χ1n) is 7.99. The molecule has 2 fully saturated rings. The van der Waals surface area contributed by atoms with Crippen LogP contribution in [0.4, 0.5) is 0 Å². The third-order valence-electron chi connectivity index (χ3n) is 4.11.